The number of ether oxygens (including phenoxy) is 1. The summed E-state index contributed by atoms with van der Waals surface area (Å²) >= 11 is 6.87. The van der Waals surface area contributed by atoms with Gasteiger partial charge >= 0.3 is 0 Å². The number of likely N-dealkylation sites (N-methyl/N-ethyl adjacent to an activating group) is 1. The second-order valence-corrected chi connectivity index (χ2v) is 7.55. The highest BCUT2D eigenvalue weighted by Gasteiger charge is 2.19. The van der Waals surface area contributed by atoms with Gasteiger partial charge in [-0.05, 0) is 72.7 Å². The molecule has 0 heterocycles. The molecule has 0 aromatic heterocycles. The predicted molar refractivity (Wildman–Crippen MR) is 109 cm³/mol. The highest BCUT2D eigenvalue weighted by molar-refractivity contribution is 9.11. The summed E-state index contributed by atoms with van der Waals surface area (Å²) in [5, 5.41) is 2.96. The van der Waals surface area contributed by atoms with Gasteiger partial charge in [-0.3, -0.25) is 9.69 Å². The molecule has 0 spiro atoms. The lowest BCUT2D eigenvalue weighted by Gasteiger charge is -2.24. The molecule has 0 bridgehead atoms. The molecule has 2 aromatic carbocycles. The first-order valence-corrected chi connectivity index (χ1v) is 9.67. The summed E-state index contributed by atoms with van der Waals surface area (Å²) in [7, 11) is 1.94. The molecule has 2 rings (SSSR count). The number of hydrogen-bond acceptors (Lipinski definition) is 3. The molecule has 1 N–H and O–H groups in total. The third-order valence-corrected chi connectivity index (χ3v) is 5.05. The van der Waals surface area contributed by atoms with E-state index in [1.807, 2.05) is 68.3 Å². The Balaban J connectivity index is 1.96. The molecular formula is C19H22Br2N2O2. The molecule has 2 aromatic rings. The van der Waals surface area contributed by atoms with Gasteiger partial charge in [-0.2, -0.15) is 0 Å². The molecule has 25 heavy (non-hydrogen) atoms. The maximum Gasteiger partial charge on any atom is 0.241 e. The molecule has 0 aliphatic carbocycles. The maximum atomic E-state index is 12.5. The number of rotatable bonds is 7. The Bertz CT molecular complexity index is 720. The molecule has 0 saturated heterocycles. The highest BCUT2D eigenvalue weighted by Crippen LogP contribution is 2.26. The van der Waals surface area contributed by atoms with Gasteiger partial charge in [-0.15, -0.1) is 0 Å². The summed E-state index contributed by atoms with van der Waals surface area (Å²) in [5.74, 6) is 0.816. The Kier molecular flexibility index (Phi) is 7.47. The van der Waals surface area contributed by atoms with Gasteiger partial charge in [0.1, 0.15) is 5.75 Å². The molecule has 134 valence electrons. The third kappa shape index (κ3) is 5.83. The van der Waals surface area contributed by atoms with Crippen molar-refractivity contribution in [3.63, 3.8) is 0 Å². The average molecular weight is 470 g/mol. The number of anilines is 1. The van der Waals surface area contributed by atoms with Crippen LogP contribution in [0, 0.1) is 0 Å². The van der Waals surface area contributed by atoms with Crippen molar-refractivity contribution in [2.75, 3.05) is 19.0 Å². The minimum Gasteiger partial charge on any atom is -0.494 e. The normalized spacial score (nSPS) is 12.1. The molecule has 6 heteroatoms. The summed E-state index contributed by atoms with van der Waals surface area (Å²) in [6, 6.07) is 13.4. The van der Waals surface area contributed by atoms with Crippen LogP contribution in [0.15, 0.2) is 51.4 Å². The van der Waals surface area contributed by atoms with E-state index in [1.165, 1.54) is 0 Å². The van der Waals surface area contributed by atoms with E-state index in [1.54, 1.807) is 0 Å². The predicted octanol–water partition coefficient (Wildman–Crippen LogP) is 5.07. The number of benzene rings is 2. The number of hydrogen-bond donors (Lipinski definition) is 1. The second kappa shape index (κ2) is 9.36. The van der Waals surface area contributed by atoms with E-state index in [-0.39, 0.29) is 11.9 Å². The number of amides is 1. The van der Waals surface area contributed by atoms with Gasteiger partial charge in [0.15, 0.2) is 0 Å². The van der Waals surface area contributed by atoms with Crippen LogP contribution in [-0.2, 0) is 11.3 Å². The molecule has 0 aliphatic heterocycles. The molecule has 1 unspecified atom stereocenters. The van der Waals surface area contributed by atoms with Gasteiger partial charge < -0.3 is 10.1 Å². The fraction of sp³-hybridized carbons (Fsp3) is 0.316. The van der Waals surface area contributed by atoms with Gasteiger partial charge in [-0.25, -0.2) is 0 Å². The minimum atomic E-state index is -0.262. The van der Waals surface area contributed by atoms with E-state index < -0.39 is 0 Å². The van der Waals surface area contributed by atoms with Crippen molar-refractivity contribution in [2.24, 2.45) is 0 Å². The van der Waals surface area contributed by atoms with Gasteiger partial charge in [0.05, 0.1) is 18.3 Å². The standard InChI is InChI=1S/C19H22Br2N2O2/c1-4-25-16-8-5-14(6-9-16)12-23(3)13(2)19(24)22-18-10-7-15(20)11-17(18)21/h5-11,13H,4,12H2,1-3H3,(H,22,24). The topological polar surface area (TPSA) is 41.6 Å². The van der Waals surface area contributed by atoms with Crippen LogP contribution in [0.25, 0.3) is 0 Å². The summed E-state index contributed by atoms with van der Waals surface area (Å²) in [6.07, 6.45) is 0. The van der Waals surface area contributed by atoms with Crippen molar-refractivity contribution in [2.45, 2.75) is 26.4 Å². The molecule has 4 nitrogen and oxygen atoms in total. The summed E-state index contributed by atoms with van der Waals surface area (Å²) in [5.41, 5.74) is 1.89. The van der Waals surface area contributed by atoms with Crippen molar-refractivity contribution >= 4 is 43.5 Å². The maximum absolute atomic E-state index is 12.5. The first-order valence-electron chi connectivity index (χ1n) is 8.08. The average Bonchev–Trinajstić information content (AvgIpc) is 2.58. The van der Waals surface area contributed by atoms with Gasteiger partial charge in [-0.1, -0.05) is 28.1 Å². The summed E-state index contributed by atoms with van der Waals surface area (Å²) in [6.45, 7) is 5.20. The fourth-order valence-corrected chi connectivity index (χ4v) is 3.46. The molecule has 0 aliphatic rings. The van der Waals surface area contributed by atoms with E-state index in [0.29, 0.717) is 13.2 Å². The fourth-order valence-electron chi connectivity index (χ4n) is 2.31. The Labute approximate surface area is 165 Å². The number of carbonyl (C=O) groups excluding carboxylic acids is 1. The lowest BCUT2D eigenvalue weighted by atomic mass is 10.1. The second-order valence-electron chi connectivity index (χ2n) is 5.78. The smallest absolute Gasteiger partial charge is 0.241 e. The SMILES string of the molecule is CCOc1ccc(CN(C)C(C)C(=O)Nc2ccc(Br)cc2Br)cc1. The third-order valence-electron chi connectivity index (χ3n) is 3.90. The van der Waals surface area contributed by atoms with Crippen LogP contribution in [0.3, 0.4) is 0 Å². The first-order chi connectivity index (χ1) is 11.9. The van der Waals surface area contributed by atoms with E-state index in [9.17, 15) is 4.79 Å². The van der Waals surface area contributed by atoms with Crippen molar-refractivity contribution in [3.05, 3.63) is 57.0 Å². The monoisotopic (exact) mass is 468 g/mol. The van der Waals surface area contributed by atoms with Crippen LogP contribution >= 0.6 is 31.9 Å². The van der Waals surface area contributed by atoms with Crippen LogP contribution in [0.4, 0.5) is 5.69 Å². The van der Waals surface area contributed by atoms with Gasteiger partial charge in [0.25, 0.3) is 0 Å². The molecule has 1 atom stereocenters. The lowest BCUT2D eigenvalue weighted by Crippen LogP contribution is -2.39. The van der Waals surface area contributed by atoms with E-state index >= 15 is 0 Å². The summed E-state index contributed by atoms with van der Waals surface area (Å²) < 4.78 is 7.25. The molecular weight excluding hydrogens is 448 g/mol. The van der Waals surface area contributed by atoms with Crippen LogP contribution in [0.5, 0.6) is 5.75 Å². The van der Waals surface area contributed by atoms with Crippen LogP contribution in [0.2, 0.25) is 0 Å². The van der Waals surface area contributed by atoms with Crippen LogP contribution < -0.4 is 10.1 Å². The van der Waals surface area contributed by atoms with Gasteiger partial charge in [0.2, 0.25) is 5.91 Å². The van der Waals surface area contributed by atoms with E-state index in [0.717, 1.165) is 25.9 Å². The van der Waals surface area contributed by atoms with Crippen LogP contribution in [-0.4, -0.2) is 30.5 Å². The van der Waals surface area contributed by atoms with E-state index in [4.69, 9.17) is 4.74 Å². The van der Waals surface area contributed by atoms with Crippen LogP contribution in [0.1, 0.15) is 19.4 Å². The quantitative estimate of drug-likeness (QED) is 0.615. The number of nitrogens with zero attached hydrogens (tertiary/aromatic N) is 1. The van der Waals surface area contributed by atoms with Crippen molar-refractivity contribution in [1.29, 1.82) is 0 Å². The van der Waals surface area contributed by atoms with Crippen molar-refractivity contribution in [3.8, 4) is 5.75 Å². The molecule has 1 amide bonds. The minimum absolute atomic E-state index is 0.0449. The zero-order chi connectivity index (χ0) is 18.4. The Morgan fingerprint density at radius 2 is 1.88 bits per heavy atom. The molecule has 0 radical (unpaired) electrons. The Hall–Kier alpha value is -1.37. The lowest BCUT2D eigenvalue weighted by molar-refractivity contribution is -0.120. The number of nitrogens with one attached hydrogen (secondary N) is 1. The Morgan fingerprint density at radius 3 is 2.48 bits per heavy atom. The zero-order valence-corrected chi connectivity index (χ0v) is 17.7. The number of halogens is 2. The molecule has 0 saturated carbocycles. The highest BCUT2D eigenvalue weighted by atomic mass is 79.9. The largest absolute Gasteiger partial charge is 0.494 e. The van der Waals surface area contributed by atoms with Crippen molar-refractivity contribution in [1.82, 2.24) is 4.90 Å². The first kappa shape index (κ1) is 19.9. The van der Waals surface area contributed by atoms with Crippen molar-refractivity contribution < 1.29 is 9.53 Å². The molecule has 0 fully saturated rings. The van der Waals surface area contributed by atoms with E-state index in [2.05, 4.69) is 37.2 Å². The Morgan fingerprint density at radius 1 is 1.20 bits per heavy atom. The summed E-state index contributed by atoms with van der Waals surface area (Å²) in [4.78, 5) is 14.5. The van der Waals surface area contributed by atoms with Gasteiger partial charge in [0, 0.05) is 15.5 Å². The zero-order valence-electron chi connectivity index (χ0n) is 14.6. The number of carbonyl (C=O) groups is 1.